The molecule has 1 N–H and O–H groups in total. The second-order valence-electron chi connectivity index (χ2n) is 4.63. The average molecular weight is 270 g/mol. The van der Waals surface area contributed by atoms with E-state index in [4.69, 9.17) is 9.47 Å². The van der Waals surface area contributed by atoms with E-state index in [1.165, 1.54) is 6.07 Å². The lowest BCUT2D eigenvalue weighted by Crippen LogP contribution is -2.01. The highest BCUT2D eigenvalue weighted by molar-refractivity contribution is 5.98. The fourth-order valence-corrected chi connectivity index (χ4v) is 2.20. The van der Waals surface area contributed by atoms with Gasteiger partial charge in [-0.3, -0.25) is 4.79 Å². The summed E-state index contributed by atoms with van der Waals surface area (Å²) in [6.45, 7) is 0.246. The van der Waals surface area contributed by atoms with E-state index in [2.05, 4.69) is 0 Å². The molecule has 4 nitrogen and oxygen atoms in total. The molecule has 102 valence electrons. The molecule has 0 aromatic heterocycles. The van der Waals surface area contributed by atoms with Crippen LogP contribution in [-0.2, 0) is 6.42 Å². The average Bonchev–Trinajstić information content (AvgIpc) is 2.92. The van der Waals surface area contributed by atoms with Crippen molar-refractivity contribution in [2.45, 2.75) is 12.8 Å². The predicted octanol–water partition coefficient (Wildman–Crippen LogP) is 2.94. The van der Waals surface area contributed by atoms with Gasteiger partial charge in [0.25, 0.3) is 0 Å². The van der Waals surface area contributed by atoms with Crippen LogP contribution in [0.4, 0.5) is 0 Å². The molecule has 4 heteroatoms. The number of carbonyl (C=O) groups is 1. The van der Waals surface area contributed by atoms with Gasteiger partial charge in [0, 0.05) is 6.42 Å². The molecule has 0 amide bonds. The van der Waals surface area contributed by atoms with Gasteiger partial charge in [0.2, 0.25) is 6.79 Å². The zero-order chi connectivity index (χ0) is 13.9. The largest absolute Gasteiger partial charge is 0.507 e. The summed E-state index contributed by atoms with van der Waals surface area (Å²) in [5, 5.41) is 9.65. The number of para-hydroxylation sites is 1. The van der Waals surface area contributed by atoms with Crippen LogP contribution >= 0.6 is 0 Å². The number of aromatic hydroxyl groups is 1. The molecule has 0 saturated carbocycles. The molecule has 1 heterocycles. The zero-order valence-electron chi connectivity index (χ0n) is 10.8. The van der Waals surface area contributed by atoms with Crippen LogP contribution in [0.2, 0.25) is 0 Å². The van der Waals surface area contributed by atoms with E-state index in [9.17, 15) is 9.90 Å². The van der Waals surface area contributed by atoms with Gasteiger partial charge in [0.05, 0.1) is 5.56 Å². The van der Waals surface area contributed by atoms with Crippen LogP contribution in [0.3, 0.4) is 0 Å². The number of ketones is 1. The summed E-state index contributed by atoms with van der Waals surface area (Å²) in [7, 11) is 0. The third kappa shape index (κ3) is 2.45. The molecule has 0 spiro atoms. The van der Waals surface area contributed by atoms with Gasteiger partial charge in [-0.2, -0.15) is 0 Å². The lowest BCUT2D eigenvalue weighted by molar-refractivity contribution is 0.0980. The SMILES string of the molecule is O=C(CCc1ccc2c(c1)OCO2)c1ccccc1O. The van der Waals surface area contributed by atoms with Crippen molar-refractivity contribution in [2.24, 2.45) is 0 Å². The molecule has 0 radical (unpaired) electrons. The van der Waals surface area contributed by atoms with Crippen molar-refractivity contribution in [2.75, 3.05) is 6.79 Å². The molecular formula is C16H14O4. The molecular weight excluding hydrogens is 256 g/mol. The molecule has 3 rings (SSSR count). The van der Waals surface area contributed by atoms with E-state index < -0.39 is 0 Å². The summed E-state index contributed by atoms with van der Waals surface area (Å²) in [6.07, 6.45) is 0.945. The van der Waals surface area contributed by atoms with E-state index in [1.54, 1.807) is 18.2 Å². The molecule has 2 aromatic rings. The third-order valence-corrected chi connectivity index (χ3v) is 3.28. The second-order valence-corrected chi connectivity index (χ2v) is 4.63. The van der Waals surface area contributed by atoms with Gasteiger partial charge in [0.15, 0.2) is 17.3 Å². The molecule has 0 bridgehead atoms. The van der Waals surface area contributed by atoms with Crippen molar-refractivity contribution in [1.82, 2.24) is 0 Å². The van der Waals surface area contributed by atoms with Gasteiger partial charge in [-0.15, -0.1) is 0 Å². The van der Waals surface area contributed by atoms with Gasteiger partial charge >= 0.3 is 0 Å². The first kappa shape index (κ1) is 12.5. The fourth-order valence-electron chi connectivity index (χ4n) is 2.20. The standard InChI is InChI=1S/C16H14O4/c17-13-4-2-1-3-12(13)14(18)7-5-11-6-8-15-16(9-11)20-10-19-15/h1-4,6,8-9,17H,5,7,10H2. The lowest BCUT2D eigenvalue weighted by Gasteiger charge is -2.05. The predicted molar refractivity (Wildman–Crippen MR) is 73.3 cm³/mol. The van der Waals surface area contributed by atoms with Gasteiger partial charge in [0.1, 0.15) is 5.75 Å². The number of aryl methyl sites for hydroxylation is 1. The van der Waals surface area contributed by atoms with Gasteiger partial charge in [-0.05, 0) is 36.2 Å². The Hall–Kier alpha value is -2.49. The summed E-state index contributed by atoms with van der Waals surface area (Å²) < 4.78 is 10.5. The Kier molecular flexibility index (Phi) is 3.29. The first-order valence-corrected chi connectivity index (χ1v) is 6.44. The molecule has 1 aliphatic rings. The number of phenolic OH excluding ortho intramolecular Hbond substituents is 1. The van der Waals surface area contributed by atoms with Crippen molar-refractivity contribution in [3.63, 3.8) is 0 Å². The van der Waals surface area contributed by atoms with E-state index in [0.717, 1.165) is 17.1 Å². The quantitative estimate of drug-likeness (QED) is 0.868. The van der Waals surface area contributed by atoms with Gasteiger partial charge in [-0.1, -0.05) is 18.2 Å². The lowest BCUT2D eigenvalue weighted by atomic mass is 10.0. The molecule has 0 unspecified atom stereocenters. The Morgan fingerprint density at radius 2 is 1.90 bits per heavy atom. The number of benzene rings is 2. The van der Waals surface area contributed by atoms with E-state index in [-0.39, 0.29) is 18.3 Å². The first-order valence-electron chi connectivity index (χ1n) is 6.44. The summed E-state index contributed by atoms with van der Waals surface area (Å²) in [4.78, 5) is 12.1. The summed E-state index contributed by atoms with van der Waals surface area (Å²) in [5.74, 6) is 1.42. The number of carbonyl (C=O) groups excluding carboxylic acids is 1. The van der Waals surface area contributed by atoms with Gasteiger partial charge in [-0.25, -0.2) is 0 Å². The minimum Gasteiger partial charge on any atom is -0.507 e. The van der Waals surface area contributed by atoms with Crippen LogP contribution in [0.1, 0.15) is 22.3 Å². The van der Waals surface area contributed by atoms with E-state index >= 15 is 0 Å². The highest BCUT2D eigenvalue weighted by Crippen LogP contribution is 2.32. The summed E-state index contributed by atoms with van der Waals surface area (Å²) in [6, 6.07) is 12.3. The first-order chi connectivity index (χ1) is 9.74. The third-order valence-electron chi connectivity index (χ3n) is 3.28. The number of hydrogen-bond acceptors (Lipinski definition) is 4. The molecule has 1 aliphatic heterocycles. The Morgan fingerprint density at radius 3 is 2.75 bits per heavy atom. The summed E-state index contributed by atoms with van der Waals surface area (Å²) >= 11 is 0. The number of rotatable bonds is 4. The van der Waals surface area contributed by atoms with Crippen LogP contribution in [0, 0.1) is 0 Å². The molecule has 0 aliphatic carbocycles. The van der Waals surface area contributed by atoms with Crippen LogP contribution in [0.5, 0.6) is 17.2 Å². The molecule has 0 fully saturated rings. The normalized spacial score (nSPS) is 12.4. The molecule has 2 aromatic carbocycles. The monoisotopic (exact) mass is 270 g/mol. The van der Waals surface area contributed by atoms with Crippen LogP contribution < -0.4 is 9.47 Å². The Labute approximate surface area is 116 Å². The minimum absolute atomic E-state index is 0.0307. The Morgan fingerprint density at radius 1 is 1.10 bits per heavy atom. The van der Waals surface area contributed by atoms with Crippen molar-refractivity contribution in [3.05, 3.63) is 53.6 Å². The number of fused-ring (bicyclic) bond motifs is 1. The van der Waals surface area contributed by atoms with Crippen LogP contribution in [0.15, 0.2) is 42.5 Å². The second kappa shape index (κ2) is 5.25. The number of ether oxygens (including phenoxy) is 2. The highest BCUT2D eigenvalue weighted by Gasteiger charge is 2.14. The van der Waals surface area contributed by atoms with E-state index in [1.807, 2.05) is 18.2 Å². The summed E-state index contributed by atoms with van der Waals surface area (Å²) in [5.41, 5.74) is 1.38. The smallest absolute Gasteiger partial charge is 0.231 e. The topological polar surface area (TPSA) is 55.8 Å². The van der Waals surface area contributed by atoms with Crippen molar-refractivity contribution in [1.29, 1.82) is 0 Å². The van der Waals surface area contributed by atoms with Crippen molar-refractivity contribution >= 4 is 5.78 Å². The van der Waals surface area contributed by atoms with Gasteiger partial charge < -0.3 is 14.6 Å². The number of hydrogen-bond donors (Lipinski definition) is 1. The number of Topliss-reactive ketones (excluding diaryl/α,β-unsaturated/α-hetero) is 1. The zero-order valence-corrected chi connectivity index (χ0v) is 10.8. The van der Waals surface area contributed by atoms with Crippen molar-refractivity contribution in [3.8, 4) is 17.2 Å². The molecule has 20 heavy (non-hydrogen) atoms. The van der Waals surface area contributed by atoms with Crippen LogP contribution in [0.25, 0.3) is 0 Å². The maximum Gasteiger partial charge on any atom is 0.231 e. The maximum atomic E-state index is 12.1. The Balaban J connectivity index is 1.68. The maximum absolute atomic E-state index is 12.1. The molecule has 0 saturated heterocycles. The van der Waals surface area contributed by atoms with Crippen molar-refractivity contribution < 1.29 is 19.4 Å². The highest BCUT2D eigenvalue weighted by atomic mass is 16.7. The molecule has 0 atom stereocenters. The van der Waals surface area contributed by atoms with Crippen LogP contribution in [-0.4, -0.2) is 17.7 Å². The Bertz CT molecular complexity index is 649. The minimum atomic E-state index is -0.0687. The fraction of sp³-hybridized carbons (Fsp3) is 0.188. The van der Waals surface area contributed by atoms with E-state index in [0.29, 0.717) is 18.4 Å². The number of phenols is 1.